The van der Waals surface area contributed by atoms with E-state index >= 15 is 0 Å². The van der Waals surface area contributed by atoms with Gasteiger partial charge in [0.15, 0.2) is 0 Å². The molecule has 0 atom stereocenters. The average molecular weight is 274 g/mol. The molecule has 20 heavy (non-hydrogen) atoms. The van der Waals surface area contributed by atoms with E-state index in [1.165, 1.54) is 24.0 Å². The van der Waals surface area contributed by atoms with E-state index < -0.39 is 0 Å². The number of hydrogen-bond acceptors (Lipinski definition) is 2. The zero-order valence-corrected chi connectivity index (χ0v) is 13.1. The number of carbonyl (C=O) groups is 1. The minimum absolute atomic E-state index is 0.164. The number of amides is 1. The van der Waals surface area contributed by atoms with Crippen LogP contribution in [0.1, 0.15) is 44.7 Å². The fourth-order valence-electron chi connectivity index (χ4n) is 2.13. The molecule has 3 nitrogen and oxygen atoms in total. The average Bonchev–Trinajstić information content (AvgIpc) is 3.19. The molecule has 0 radical (unpaired) electrons. The van der Waals surface area contributed by atoms with Crippen molar-refractivity contribution in [2.75, 3.05) is 13.6 Å². The maximum Gasteiger partial charge on any atom is 0.236 e. The summed E-state index contributed by atoms with van der Waals surface area (Å²) in [7, 11) is 1.87. The Kier molecular flexibility index (Phi) is 4.48. The minimum atomic E-state index is 0.164. The maximum absolute atomic E-state index is 12.0. The number of rotatable bonds is 5. The molecule has 1 aromatic rings. The van der Waals surface area contributed by atoms with Crippen molar-refractivity contribution in [2.24, 2.45) is 0 Å². The third-order valence-electron chi connectivity index (χ3n) is 3.78. The summed E-state index contributed by atoms with van der Waals surface area (Å²) in [6.07, 6.45) is 2.43. The Morgan fingerprint density at radius 2 is 1.85 bits per heavy atom. The van der Waals surface area contributed by atoms with Crippen molar-refractivity contribution >= 4 is 5.91 Å². The lowest BCUT2D eigenvalue weighted by molar-refractivity contribution is -0.129. The van der Waals surface area contributed by atoms with Crippen LogP contribution in [0.5, 0.6) is 0 Å². The molecule has 110 valence electrons. The highest BCUT2D eigenvalue weighted by molar-refractivity contribution is 5.78. The van der Waals surface area contributed by atoms with E-state index in [0.717, 1.165) is 0 Å². The van der Waals surface area contributed by atoms with E-state index in [0.29, 0.717) is 19.1 Å². The molecule has 2 rings (SSSR count). The van der Waals surface area contributed by atoms with Gasteiger partial charge in [-0.05, 0) is 29.4 Å². The fourth-order valence-corrected chi connectivity index (χ4v) is 2.13. The van der Waals surface area contributed by atoms with E-state index in [9.17, 15) is 4.79 Å². The van der Waals surface area contributed by atoms with Crippen LogP contribution in [0.3, 0.4) is 0 Å². The van der Waals surface area contributed by atoms with Crippen LogP contribution in [-0.2, 0) is 16.8 Å². The SMILES string of the molecule is CN(Cc1ccc(C(C)(C)C)cc1)C(=O)CNC1CC1. The Balaban J connectivity index is 1.86. The highest BCUT2D eigenvalue weighted by Gasteiger charge is 2.22. The highest BCUT2D eigenvalue weighted by Crippen LogP contribution is 2.22. The monoisotopic (exact) mass is 274 g/mol. The van der Waals surface area contributed by atoms with Crippen LogP contribution in [0, 0.1) is 0 Å². The van der Waals surface area contributed by atoms with E-state index in [-0.39, 0.29) is 11.3 Å². The summed E-state index contributed by atoms with van der Waals surface area (Å²) in [5, 5.41) is 3.26. The van der Waals surface area contributed by atoms with Gasteiger partial charge in [0.25, 0.3) is 0 Å². The molecule has 1 aliphatic rings. The van der Waals surface area contributed by atoms with Crippen LogP contribution in [0.25, 0.3) is 0 Å². The number of hydrogen-bond donors (Lipinski definition) is 1. The van der Waals surface area contributed by atoms with Gasteiger partial charge in [0, 0.05) is 19.6 Å². The molecule has 3 heteroatoms. The van der Waals surface area contributed by atoms with E-state index in [1.807, 2.05) is 7.05 Å². The second-order valence-corrected chi connectivity index (χ2v) is 6.85. The van der Waals surface area contributed by atoms with Gasteiger partial charge in [0.05, 0.1) is 6.54 Å². The molecule has 0 aromatic heterocycles. The van der Waals surface area contributed by atoms with Crippen LogP contribution >= 0.6 is 0 Å². The second kappa shape index (κ2) is 5.96. The van der Waals surface area contributed by atoms with E-state index in [2.05, 4.69) is 50.4 Å². The molecule has 0 spiro atoms. The number of benzene rings is 1. The van der Waals surface area contributed by atoms with Crippen molar-refractivity contribution in [3.8, 4) is 0 Å². The molecule has 1 fully saturated rings. The molecular weight excluding hydrogens is 248 g/mol. The van der Waals surface area contributed by atoms with Crippen molar-refractivity contribution in [2.45, 2.75) is 51.6 Å². The summed E-state index contributed by atoms with van der Waals surface area (Å²) in [5.74, 6) is 0.164. The topological polar surface area (TPSA) is 32.3 Å². The van der Waals surface area contributed by atoms with Crippen molar-refractivity contribution in [3.63, 3.8) is 0 Å². The summed E-state index contributed by atoms with van der Waals surface area (Å²) < 4.78 is 0. The number of nitrogens with zero attached hydrogens (tertiary/aromatic N) is 1. The zero-order chi connectivity index (χ0) is 14.8. The number of nitrogens with one attached hydrogen (secondary N) is 1. The Labute approximate surface area is 122 Å². The highest BCUT2D eigenvalue weighted by atomic mass is 16.2. The number of likely N-dealkylation sites (N-methyl/N-ethyl adjacent to an activating group) is 1. The van der Waals surface area contributed by atoms with Gasteiger partial charge in [-0.2, -0.15) is 0 Å². The molecule has 1 N–H and O–H groups in total. The molecule has 0 heterocycles. The maximum atomic E-state index is 12.0. The van der Waals surface area contributed by atoms with Gasteiger partial charge < -0.3 is 10.2 Å². The van der Waals surface area contributed by atoms with Crippen molar-refractivity contribution in [3.05, 3.63) is 35.4 Å². The lowest BCUT2D eigenvalue weighted by Gasteiger charge is -2.21. The lowest BCUT2D eigenvalue weighted by Crippen LogP contribution is -2.35. The lowest BCUT2D eigenvalue weighted by atomic mass is 9.87. The zero-order valence-electron chi connectivity index (χ0n) is 13.1. The molecule has 0 unspecified atom stereocenters. The molecule has 0 bridgehead atoms. The van der Waals surface area contributed by atoms with Crippen LogP contribution in [0.15, 0.2) is 24.3 Å². The standard InChI is InChI=1S/C17H26N2O/c1-17(2,3)14-7-5-13(6-8-14)12-19(4)16(20)11-18-15-9-10-15/h5-8,15,18H,9-12H2,1-4H3. The van der Waals surface area contributed by atoms with Crippen LogP contribution in [0.4, 0.5) is 0 Å². The Bertz CT molecular complexity index is 455. The second-order valence-electron chi connectivity index (χ2n) is 6.85. The van der Waals surface area contributed by atoms with E-state index in [1.54, 1.807) is 4.90 Å². The fraction of sp³-hybridized carbons (Fsp3) is 0.588. The Hall–Kier alpha value is -1.35. The first-order valence-corrected chi connectivity index (χ1v) is 7.43. The molecule has 1 aromatic carbocycles. The smallest absolute Gasteiger partial charge is 0.236 e. The summed E-state index contributed by atoms with van der Waals surface area (Å²) in [6.45, 7) is 7.76. The van der Waals surface area contributed by atoms with Gasteiger partial charge in [-0.3, -0.25) is 4.79 Å². The first-order valence-electron chi connectivity index (χ1n) is 7.43. The van der Waals surface area contributed by atoms with Gasteiger partial charge in [-0.25, -0.2) is 0 Å². The molecule has 1 amide bonds. The molecule has 1 saturated carbocycles. The van der Waals surface area contributed by atoms with Crippen molar-refractivity contribution in [1.82, 2.24) is 10.2 Å². The van der Waals surface area contributed by atoms with Gasteiger partial charge in [0.1, 0.15) is 0 Å². The number of carbonyl (C=O) groups excluding carboxylic acids is 1. The predicted molar refractivity (Wildman–Crippen MR) is 82.6 cm³/mol. The van der Waals surface area contributed by atoms with Gasteiger partial charge in [-0.15, -0.1) is 0 Å². The molecular formula is C17H26N2O. The first kappa shape index (κ1) is 15.0. The Morgan fingerprint density at radius 3 is 2.35 bits per heavy atom. The van der Waals surface area contributed by atoms with Crippen LogP contribution in [-0.4, -0.2) is 30.4 Å². The van der Waals surface area contributed by atoms with Gasteiger partial charge in [0.2, 0.25) is 5.91 Å². The third-order valence-corrected chi connectivity index (χ3v) is 3.78. The first-order chi connectivity index (χ1) is 9.36. The van der Waals surface area contributed by atoms with Crippen LogP contribution in [0.2, 0.25) is 0 Å². The van der Waals surface area contributed by atoms with Gasteiger partial charge in [-0.1, -0.05) is 45.0 Å². The molecule has 0 saturated heterocycles. The summed E-state index contributed by atoms with van der Waals surface area (Å²) in [4.78, 5) is 13.8. The minimum Gasteiger partial charge on any atom is -0.340 e. The van der Waals surface area contributed by atoms with Crippen molar-refractivity contribution in [1.29, 1.82) is 0 Å². The predicted octanol–water partition coefficient (Wildman–Crippen LogP) is 2.69. The van der Waals surface area contributed by atoms with E-state index in [4.69, 9.17) is 0 Å². The third kappa shape index (κ3) is 4.34. The summed E-state index contributed by atoms with van der Waals surface area (Å²) in [5.41, 5.74) is 2.68. The normalized spacial score (nSPS) is 15.2. The van der Waals surface area contributed by atoms with Crippen LogP contribution < -0.4 is 5.32 Å². The van der Waals surface area contributed by atoms with Crippen molar-refractivity contribution < 1.29 is 4.79 Å². The summed E-state index contributed by atoms with van der Waals surface area (Å²) in [6, 6.07) is 9.15. The molecule has 1 aliphatic carbocycles. The molecule has 0 aliphatic heterocycles. The Morgan fingerprint density at radius 1 is 1.25 bits per heavy atom. The largest absolute Gasteiger partial charge is 0.340 e. The quantitative estimate of drug-likeness (QED) is 0.895. The summed E-state index contributed by atoms with van der Waals surface area (Å²) >= 11 is 0. The van der Waals surface area contributed by atoms with Gasteiger partial charge >= 0.3 is 0 Å².